The van der Waals surface area contributed by atoms with Gasteiger partial charge in [0.15, 0.2) is 0 Å². The van der Waals surface area contributed by atoms with E-state index in [2.05, 4.69) is 11.9 Å². The smallest absolute Gasteiger partial charge is 0.319 e. The zero-order valence-electron chi connectivity index (χ0n) is 10.5. The standard InChI is InChI=1S/C14H13N3O2/c1-3-7-17-12(18)14(2,16-13(17)19)11-6-4-5-10(8-11)9-15/h3-6,8H,1,7H2,2H3,(H,16,19)/t14-/m0/s1. The highest BCUT2D eigenvalue weighted by Crippen LogP contribution is 2.29. The van der Waals surface area contributed by atoms with Gasteiger partial charge in [-0.3, -0.25) is 9.69 Å². The summed E-state index contributed by atoms with van der Waals surface area (Å²) in [5, 5.41) is 11.6. The first kappa shape index (κ1) is 12.8. The molecule has 5 nitrogen and oxygen atoms in total. The Bertz CT molecular complexity index is 603. The van der Waals surface area contributed by atoms with Gasteiger partial charge in [0.2, 0.25) is 0 Å². The molecule has 2 rings (SSSR count). The number of carbonyl (C=O) groups is 2. The Labute approximate surface area is 111 Å². The lowest BCUT2D eigenvalue weighted by molar-refractivity contribution is -0.130. The van der Waals surface area contributed by atoms with Crippen LogP contribution in [-0.4, -0.2) is 23.4 Å². The number of nitrogens with zero attached hydrogens (tertiary/aromatic N) is 2. The van der Waals surface area contributed by atoms with Crippen LogP contribution < -0.4 is 5.32 Å². The molecule has 0 aromatic heterocycles. The summed E-state index contributed by atoms with van der Waals surface area (Å²) in [5.41, 5.74) is -0.0909. The monoisotopic (exact) mass is 255 g/mol. The second-order valence-electron chi connectivity index (χ2n) is 4.45. The van der Waals surface area contributed by atoms with Crippen molar-refractivity contribution in [2.45, 2.75) is 12.5 Å². The molecule has 0 spiro atoms. The van der Waals surface area contributed by atoms with E-state index in [1.165, 1.54) is 6.08 Å². The zero-order valence-corrected chi connectivity index (χ0v) is 10.5. The van der Waals surface area contributed by atoms with Gasteiger partial charge in [0.05, 0.1) is 11.6 Å². The Morgan fingerprint density at radius 2 is 2.26 bits per heavy atom. The van der Waals surface area contributed by atoms with E-state index in [-0.39, 0.29) is 12.5 Å². The van der Waals surface area contributed by atoms with E-state index in [1.807, 2.05) is 6.07 Å². The fourth-order valence-corrected chi connectivity index (χ4v) is 2.09. The number of urea groups is 1. The second kappa shape index (κ2) is 4.58. The van der Waals surface area contributed by atoms with Crippen LogP contribution in [0.15, 0.2) is 36.9 Å². The minimum Gasteiger partial charge on any atom is -0.319 e. The molecule has 3 amide bonds. The molecule has 0 unspecified atom stereocenters. The number of carbonyl (C=O) groups excluding carboxylic acids is 2. The maximum atomic E-state index is 12.3. The van der Waals surface area contributed by atoms with Crippen molar-refractivity contribution < 1.29 is 9.59 Å². The quantitative estimate of drug-likeness (QED) is 0.657. The maximum Gasteiger partial charge on any atom is 0.325 e. The lowest BCUT2D eigenvalue weighted by Gasteiger charge is -2.22. The summed E-state index contributed by atoms with van der Waals surface area (Å²) in [6.45, 7) is 5.32. The SMILES string of the molecule is C=CCN1C(=O)N[C@@](C)(c2cccc(C#N)c2)C1=O. The third kappa shape index (κ3) is 1.97. The summed E-state index contributed by atoms with van der Waals surface area (Å²) >= 11 is 0. The summed E-state index contributed by atoms with van der Waals surface area (Å²) in [5.74, 6) is -0.340. The van der Waals surface area contributed by atoms with Crippen LogP contribution in [0, 0.1) is 11.3 Å². The minimum absolute atomic E-state index is 0.165. The molecule has 0 aliphatic carbocycles. The van der Waals surface area contributed by atoms with Crippen LogP contribution in [0.1, 0.15) is 18.1 Å². The highest BCUT2D eigenvalue weighted by Gasteiger charge is 2.48. The molecule has 0 radical (unpaired) electrons. The molecular weight excluding hydrogens is 242 g/mol. The number of amides is 3. The molecule has 1 saturated heterocycles. The van der Waals surface area contributed by atoms with Gasteiger partial charge in [-0.1, -0.05) is 18.2 Å². The summed E-state index contributed by atoms with van der Waals surface area (Å²) in [4.78, 5) is 25.2. The van der Waals surface area contributed by atoms with E-state index in [9.17, 15) is 9.59 Å². The van der Waals surface area contributed by atoms with E-state index in [1.54, 1.807) is 31.2 Å². The van der Waals surface area contributed by atoms with Crippen molar-refractivity contribution in [2.75, 3.05) is 6.54 Å². The van der Waals surface area contributed by atoms with Crippen LogP contribution in [0.5, 0.6) is 0 Å². The number of hydrogen-bond donors (Lipinski definition) is 1. The van der Waals surface area contributed by atoms with Crippen molar-refractivity contribution in [3.8, 4) is 6.07 Å². The van der Waals surface area contributed by atoms with Crippen LogP contribution >= 0.6 is 0 Å². The fraction of sp³-hybridized carbons (Fsp3) is 0.214. The van der Waals surface area contributed by atoms with Crippen molar-refractivity contribution in [2.24, 2.45) is 0 Å². The van der Waals surface area contributed by atoms with Gasteiger partial charge < -0.3 is 5.32 Å². The predicted octanol–water partition coefficient (Wildman–Crippen LogP) is 1.51. The maximum absolute atomic E-state index is 12.3. The summed E-state index contributed by atoms with van der Waals surface area (Å²) in [7, 11) is 0. The Balaban J connectivity index is 2.43. The number of benzene rings is 1. The van der Waals surface area contributed by atoms with E-state index in [0.717, 1.165) is 4.90 Å². The van der Waals surface area contributed by atoms with Gasteiger partial charge >= 0.3 is 6.03 Å². The number of nitriles is 1. The van der Waals surface area contributed by atoms with Crippen LogP contribution in [0.25, 0.3) is 0 Å². The van der Waals surface area contributed by atoms with E-state index in [4.69, 9.17) is 5.26 Å². The van der Waals surface area contributed by atoms with Crippen molar-refractivity contribution in [3.05, 3.63) is 48.0 Å². The van der Waals surface area contributed by atoms with E-state index >= 15 is 0 Å². The fourth-order valence-electron chi connectivity index (χ4n) is 2.09. The normalized spacial score (nSPS) is 22.0. The molecular formula is C14H13N3O2. The van der Waals surface area contributed by atoms with Crippen LogP contribution in [0.3, 0.4) is 0 Å². The van der Waals surface area contributed by atoms with Gasteiger partial charge in [-0.25, -0.2) is 4.79 Å². The van der Waals surface area contributed by atoms with Gasteiger partial charge in [-0.2, -0.15) is 5.26 Å². The highest BCUT2D eigenvalue weighted by atomic mass is 16.2. The minimum atomic E-state index is -1.13. The Morgan fingerprint density at radius 1 is 1.53 bits per heavy atom. The van der Waals surface area contributed by atoms with E-state index < -0.39 is 11.6 Å². The van der Waals surface area contributed by atoms with Crippen molar-refractivity contribution in [3.63, 3.8) is 0 Å². The second-order valence-corrected chi connectivity index (χ2v) is 4.45. The number of nitrogens with one attached hydrogen (secondary N) is 1. The molecule has 1 aromatic carbocycles. The van der Waals surface area contributed by atoms with Gasteiger partial charge in [0.25, 0.3) is 5.91 Å². The molecule has 1 atom stereocenters. The largest absolute Gasteiger partial charge is 0.325 e. The molecule has 1 aliphatic heterocycles. The van der Waals surface area contributed by atoms with Crippen molar-refractivity contribution in [1.29, 1.82) is 5.26 Å². The van der Waals surface area contributed by atoms with Gasteiger partial charge in [0.1, 0.15) is 5.54 Å². The molecule has 1 fully saturated rings. The Kier molecular flexibility index (Phi) is 3.09. The van der Waals surface area contributed by atoms with Gasteiger partial charge in [0, 0.05) is 6.54 Å². The molecule has 96 valence electrons. The van der Waals surface area contributed by atoms with Crippen LogP contribution in [0.2, 0.25) is 0 Å². The van der Waals surface area contributed by atoms with Gasteiger partial charge in [-0.05, 0) is 24.6 Å². The third-order valence-electron chi connectivity index (χ3n) is 3.16. The van der Waals surface area contributed by atoms with Crippen molar-refractivity contribution >= 4 is 11.9 Å². The summed E-state index contributed by atoms with van der Waals surface area (Å²) < 4.78 is 0. The number of rotatable bonds is 3. The molecule has 0 bridgehead atoms. The average Bonchev–Trinajstić information content (AvgIpc) is 2.64. The molecule has 1 heterocycles. The van der Waals surface area contributed by atoms with Crippen molar-refractivity contribution in [1.82, 2.24) is 10.2 Å². The molecule has 5 heteroatoms. The first-order valence-corrected chi connectivity index (χ1v) is 5.78. The molecule has 1 N–H and O–H groups in total. The number of imide groups is 1. The average molecular weight is 255 g/mol. The molecule has 1 aliphatic rings. The summed E-state index contributed by atoms with van der Waals surface area (Å²) in [6.07, 6.45) is 1.49. The topological polar surface area (TPSA) is 73.2 Å². The predicted molar refractivity (Wildman–Crippen MR) is 69.0 cm³/mol. The van der Waals surface area contributed by atoms with Gasteiger partial charge in [-0.15, -0.1) is 6.58 Å². The van der Waals surface area contributed by atoms with E-state index in [0.29, 0.717) is 11.1 Å². The Hall–Kier alpha value is -2.61. The molecule has 1 aromatic rings. The summed E-state index contributed by atoms with van der Waals surface area (Å²) in [6, 6.07) is 8.23. The van der Waals surface area contributed by atoms with Crippen LogP contribution in [0.4, 0.5) is 4.79 Å². The third-order valence-corrected chi connectivity index (χ3v) is 3.16. The van der Waals surface area contributed by atoms with Crippen LogP contribution in [-0.2, 0) is 10.3 Å². The first-order valence-electron chi connectivity index (χ1n) is 5.78. The zero-order chi connectivity index (χ0) is 14.0. The molecule has 19 heavy (non-hydrogen) atoms. The lowest BCUT2D eigenvalue weighted by atomic mass is 9.91. The number of hydrogen-bond acceptors (Lipinski definition) is 3. The highest BCUT2D eigenvalue weighted by molar-refractivity contribution is 6.07. The molecule has 0 saturated carbocycles. The Morgan fingerprint density at radius 3 is 2.89 bits per heavy atom. The lowest BCUT2D eigenvalue weighted by Crippen LogP contribution is -2.41. The first-order chi connectivity index (χ1) is 9.02.